The number of nitrogens with one attached hydrogen (secondary N) is 1. The molecule has 1 aliphatic rings. The zero-order valence-corrected chi connectivity index (χ0v) is 17.0. The molecule has 0 radical (unpaired) electrons. The van der Waals surface area contributed by atoms with E-state index in [4.69, 9.17) is 28.6 Å². The van der Waals surface area contributed by atoms with Crippen LogP contribution in [0.2, 0.25) is 5.02 Å². The number of rotatable bonds is 3. The number of phenols is 1. The van der Waals surface area contributed by atoms with E-state index >= 15 is 0 Å². The summed E-state index contributed by atoms with van der Waals surface area (Å²) in [6.07, 6.45) is 1.36. The summed E-state index contributed by atoms with van der Waals surface area (Å²) in [5, 5.41) is 12.4. The summed E-state index contributed by atoms with van der Waals surface area (Å²) in [5.41, 5.74) is 0.786. The Morgan fingerprint density at radius 3 is 2.70 bits per heavy atom. The number of hydrogen-bond acceptors (Lipinski definition) is 5. The summed E-state index contributed by atoms with van der Waals surface area (Å²) >= 11 is 14.5. The Morgan fingerprint density at radius 1 is 1.30 bits per heavy atom. The number of hydrogen-bond donors (Lipinski definition) is 2. The SMILES string of the molecule is COc1cc(/C=C2\C(=O)NC(=S)N(c3cccc(Br)c3)C2=O)cc(Cl)c1O. The molecule has 1 saturated heterocycles. The maximum Gasteiger partial charge on any atom is 0.270 e. The van der Waals surface area contributed by atoms with Crippen molar-refractivity contribution in [3.8, 4) is 11.5 Å². The molecular weight excluding hydrogens is 456 g/mol. The molecule has 0 spiro atoms. The van der Waals surface area contributed by atoms with Gasteiger partial charge in [0.15, 0.2) is 16.6 Å². The van der Waals surface area contributed by atoms with E-state index in [0.29, 0.717) is 11.3 Å². The molecule has 0 unspecified atom stereocenters. The van der Waals surface area contributed by atoms with Gasteiger partial charge in [0.2, 0.25) is 0 Å². The van der Waals surface area contributed by atoms with Crippen LogP contribution in [0, 0.1) is 0 Å². The van der Waals surface area contributed by atoms with Gasteiger partial charge in [-0.05, 0) is 54.2 Å². The van der Waals surface area contributed by atoms with Crippen molar-refractivity contribution in [3.05, 3.63) is 57.0 Å². The van der Waals surface area contributed by atoms with Gasteiger partial charge in [-0.3, -0.25) is 19.8 Å². The fourth-order valence-corrected chi connectivity index (χ4v) is 3.39. The van der Waals surface area contributed by atoms with Gasteiger partial charge in [0.05, 0.1) is 17.8 Å². The van der Waals surface area contributed by atoms with Gasteiger partial charge in [0.25, 0.3) is 11.8 Å². The van der Waals surface area contributed by atoms with E-state index in [1.54, 1.807) is 24.3 Å². The van der Waals surface area contributed by atoms with E-state index in [1.807, 2.05) is 0 Å². The second kappa shape index (κ2) is 7.67. The molecule has 1 heterocycles. The Labute approximate surface area is 173 Å². The number of halogens is 2. The first-order valence-corrected chi connectivity index (χ1v) is 9.13. The van der Waals surface area contributed by atoms with Gasteiger partial charge in [-0.15, -0.1) is 0 Å². The first-order chi connectivity index (χ1) is 12.8. The lowest BCUT2D eigenvalue weighted by molar-refractivity contribution is -0.122. The van der Waals surface area contributed by atoms with Crippen LogP contribution in [0.25, 0.3) is 6.08 Å². The molecule has 1 fully saturated rings. The van der Waals surface area contributed by atoms with Crippen LogP contribution in [0.1, 0.15) is 5.56 Å². The Balaban J connectivity index is 2.06. The van der Waals surface area contributed by atoms with Gasteiger partial charge < -0.3 is 9.84 Å². The average Bonchev–Trinajstić information content (AvgIpc) is 2.61. The van der Waals surface area contributed by atoms with Gasteiger partial charge >= 0.3 is 0 Å². The second-order valence-corrected chi connectivity index (χ2v) is 7.20. The van der Waals surface area contributed by atoms with E-state index in [-0.39, 0.29) is 27.2 Å². The number of benzene rings is 2. The van der Waals surface area contributed by atoms with Crippen LogP contribution in [0.5, 0.6) is 11.5 Å². The third-order valence-electron chi connectivity index (χ3n) is 3.75. The number of carbonyl (C=O) groups is 2. The predicted molar refractivity (Wildman–Crippen MR) is 110 cm³/mol. The smallest absolute Gasteiger partial charge is 0.270 e. The number of carbonyl (C=O) groups excluding carboxylic acids is 2. The fraction of sp³-hybridized carbons (Fsp3) is 0.0556. The van der Waals surface area contributed by atoms with Crippen molar-refractivity contribution in [2.24, 2.45) is 0 Å². The van der Waals surface area contributed by atoms with Crippen LogP contribution >= 0.6 is 39.7 Å². The summed E-state index contributed by atoms with van der Waals surface area (Å²) in [6, 6.07) is 9.85. The van der Waals surface area contributed by atoms with E-state index < -0.39 is 11.8 Å². The summed E-state index contributed by atoms with van der Waals surface area (Å²) in [7, 11) is 1.37. The molecule has 0 saturated carbocycles. The predicted octanol–water partition coefficient (Wildman–Crippen LogP) is 3.65. The molecule has 138 valence electrons. The maximum atomic E-state index is 12.9. The van der Waals surface area contributed by atoms with Gasteiger partial charge in [0, 0.05) is 4.47 Å². The number of ether oxygens (including phenoxy) is 1. The van der Waals surface area contributed by atoms with Crippen LogP contribution < -0.4 is 15.0 Å². The maximum absolute atomic E-state index is 12.9. The van der Waals surface area contributed by atoms with E-state index in [0.717, 1.165) is 4.47 Å². The molecule has 6 nitrogen and oxygen atoms in total. The third-order valence-corrected chi connectivity index (χ3v) is 4.82. The minimum atomic E-state index is -0.626. The molecule has 0 atom stereocenters. The number of phenolic OH excluding ortho intramolecular Hbond substituents is 1. The minimum Gasteiger partial charge on any atom is -0.503 e. The lowest BCUT2D eigenvalue weighted by Crippen LogP contribution is -2.54. The van der Waals surface area contributed by atoms with E-state index in [9.17, 15) is 14.7 Å². The van der Waals surface area contributed by atoms with Crippen LogP contribution in [0.4, 0.5) is 5.69 Å². The first kappa shape index (κ1) is 19.3. The number of thiocarbonyl (C=S) groups is 1. The monoisotopic (exact) mass is 466 g/mol. The van der Waals surface area contributed by atoms with Crippen LogP contribution in [-0.2, 0) is 9.59 Å². The zero-order chi connectivity index (χ0) is 19.7. The highest BCUT2D eigenvalue weighted by Gasteiger charge is 2.34. The highest BCUT2D eigenvalue weighted by atomic mass is 79.9. The average molecular weight is 468 g/mol. The molecule has 9 heteroatoms. The molecule has 2 N–H and O–H groups in total. The normalized spacial score (nSPS) is 15.9. The van der Waals surface area contributed by atoms with Gasteiger partial charge in [-0.2, -0.15) is 0 Å². The molecule has 1 aliphatic heterocycles. The number of anilines is 1. The zero-order valence-electron chi connectivity index (χ0n) is 13.8. The number of aromatic hydroxyl groups is 1. The highest BCUT2D eigenvalue weighted by molar-refractivity contribution is 9.10. The molecule has 2 aromatic rings. The van der Waals surface area contributed by atoms with Crippen LogP contribution in [-0.4, -0.2) is 29.1 Å². The Bertz CT molecular complexity index is 1010. The highest BCUT2D eigenvalue weighted by Crippen LogP contribution is 2.36. The molecule has 0 aromatic heterocycles. The summed E-state index contributed by atoms with van der Waals surface area (Å²) in [6.45, 7) is 0. The fourth-order valence-electron chi connectivity index (χ4n) is 2.51. The number of nitrogens with zero attached hydrogens (tertiary/aromatic N) is 1. The number of amides is 2. The quantitative estimate of drug-likeness (QED) is 0.409. The lowest BCUT2D eigenvalue weighted by Gasteiger charge is -2.29. The minimum absolute atomic E-state index is 0.0124. The largest absolute Gasteiger partial charge is 0.503 e. The molecule has 3 rings (SSSR count). The topological polar surface area (TPSA) is 78.9 Å². The number of methoxy groups -OCH3 is 1. The summed E-state index contributed by atoms with van der Waals surface area (Å²) in [4.78, 5) is 26.5. The van der Waals surface area contributed by atoms with Gasteiger partial charge in [-0.1, -0.05) is 33.6 Å². The van der Waals surface area contributed by atoms with Crippen LogP contribution in [0.15, 0.2) is 46.4 Å². The van der Waals surface area contributed by atoms with Crippen LogP contribution in [0.3, 0.4) is 0 Å². The van der Waals surface area contributed by atoms with Crippen molar-refractivity contribution in [1.29, 1.82) is 0 Å². The summed E-state index contributed by atoms with van der Waals surface area (Å²) < 4.78 is 5.80. The van der Waals surface area contributed by atoms with Gasteiger partial charge in [-0.25, -0.2) is 0 Å². The lowest BCUT2D eigenvalue weighted by atomic mass is 10.1. The van der Waals surface area contributed by atoms with Crippen molar-refractivity contribution in [1.82, 2.24) is 5.32 Å². The van der Waals surface area contributed by atoms with Crippen molar-refractivity contribution >= 4 is 68.4 Å². The van der Waals surface area contributed by atoms with Gasteiger partial charge in [0.1, 0.15) is 5.57 Å². The second-order valence-electron chi connectivity index (χ2n) is 5.49. The standard InChI is InChI=1S/C18H12BrClN2O4S/c1-26-14-7-9(6-13(20)15(14)23)5-12-16(24)21-18(27)22(17(12)25)11-4-2-3-10(19)8-11/h2-8,23H,1H3,(H,21,24,27)/b12-5+. The Morgan fingerprint density at radius 2 is 2.04 bits per heavy atom. The van der Waals surface area contributed by atoms with Crippen molar-refractivity contribution < 1.29 is 19.4 Å². The molecular formula is C18H12BrClN2O4S. The van der Waals surface area contributed by atoms with E-state index in [1.165, 1.54) is 30.2 Å². The molecule has 2 aromatic carbocycles. The summed E-state index contributed by atoms with van der Waals surface area (Å²) in [5.74, 6) is -1.31. The first-order valence-electron chi connectivity index (χ1n) is 7.55. The molecule has 27 heavy (non-hydrogen) atoms. The Kier molecular flexibility index (Phi) is 5.50. The molecule has 0 bridgehead atoms. The Hall–Kier alpha value is -2.42. The third kappa shape index (κ3) is 3.83. The van der Waals surface area contributed by atoms with Crippen molar-refractivity contribution in [2.45, 2.75) is 0 Å². The van der Waals surface area contributed by atoms with Crippen molar-refractivity contribution in [2.75, 3.05) is 12.0 Å². The van der Waals surface area contributed by atoms with Crippen molar-refractivity contribution in [3.63, 3.8) is 0 Å². The molecule has 0 aliphatic carbocycles. The molecule has 2 amide bonds. The van der Waals surface area contributed by atoms with E-state index in [2.05, 4.69) is 21.2 Å².